The van der Waals surface area contributed by atoms with Gasteiger partial charge in [-0.3, -0.25) is 19.1 Å². The average Bonchev–Trinajstić information content (AvgIpc) is 3.99. The smallest absolute Gasteiger partial charge is 0.410 e. The molecular formula is C36H49N5O9S. The lowest BCUT2D eigenvalue weighted by Gasteiger charge is -2.30. The molecule has 278 valence electrons. The SMILES string of the molecule is CC(C)(C)OC(=O)N[C@H]1CCCCC/C=C/[C@@H]2C[C@@]2(C(=O)NS(=O)(=O)C2CC2)NC(=O)[C@@H]2C[C@@H](OC(=O)N3CCc4ccccc4C3)CN2C1=O. The molecule has 2 saturated carbocycles. The first-order valence-electron chi connectivity index (χ1n) is 18.0. The molecule has 5 aliphatic rings. The number of hydrogen-bond acceptors (Lipinski definition) is 9. The van der Waals surface area contributed by atoms with Gasteiger partial charge in [0.1, 0.15) is 29.3 Å². The number of alkyl carbamates (subject to hydrolysis) is 1. The molecule has 1 saturated heterocycles. The van der Waals surface area contributed by atoms with Gasteiger partial charge in [0.15, 0.2) is 0 Å². The second-order valence-corrected chi connectivity index (χ2v) is 17.4. The van der Waals surface area contributed by atoms with Crippen molar-refractivity contribution in [3.8, 4) is 0 Å². The standard InChI is InChI=1S/C36H49N5O9S/c1-35(2,3)50-33(45)37-28-14-8-6-4-5-7-13-25-20-36(25,32(44)39-51(47,48)27-15-16-27)38-30(42)29-19-26(22-41(29)31(28)43)49-34(46)40-18-17-23-11-9-10-12-24(23)21-40/h7,9-13,25-29H,4-6,8,14-22H2,1-3H3,(H,37,45)(H,38,42)(H,39,44)/b13-7+/t25-,26-,28+,29+,36-/m1/s1. The molecule has 1 aromatic carbocycles. The largest absolute Gasteiger partial charge is 0.444 e. The molecular weight excluding hydrogens is 678 g/mol. The number of carbonyl (C=O) groups excluding carboxylic acids is 5. The Labute approximate surface area is 299 Å². The van der Waals surface area contributed by atoms with Crippen molar-refractivity contribution in [3.63, 3.8) is 0 Å². The Morgan fingerprint density at radius 2 is 1.76 bits per heavy atom. The van der Waals surface area contributed by atoms with Crippen molar-refractivity contribution in [1.82, 2.24) is 25.2 Å². The van der Waals surface area contributed by atoms with Gasteiger partial charge in [-0.05, 0) is 76.8 Å². The third-order valence-electron chi connectivity index (χ3n) is 10.2. The molecule has 0 unspecified atom stereocenters. The fourth-order valence-electron chi connectivity index (χ4n) is 7.17. The predicted molar refractivity (Wildman–Crippen MR) is 185 cm³/mol. The highest BCUT2D eigenvalue weighted by molar-refractivity contribution is 7.91. The van der Waals surface area contributed by atoms with Gasteiger partial charge >= 0.3 is 12.2 Å². The predicted octanol–water partition coefficient (Wildman–Crippen LogP) is 3.05. The summed E-state index contributed by atoms with van der Waals surface area (Å²) in [5.74, 6) is -2.46. The summed E-state index contributed by atoms with van der Waals surface area (Å²) in [7, 11) is -3.89. The van der Waals surface area contributed by atoms with E-state index in [9.17, 15) is 32.4 Å². The first-order chi connectivity index (χ1) is 24.1. The lowest BCUT2D eigenvalue weighted by Crippen LogP contribution is -2.58. The van der Waals surface area contributed by atoms with E-state index in [0.29, 0.717) is 45.2 Å². The van der Waals surface area contributed by atoms with E-state index in [-0.39, 0.29) is 25.8 Å². The van der Waals surface area contributed by atoms with Crippen LogP contribution in [0.15, 0.2) is 36.4 Å². The fraction of sp³-hybridized carbons (Fsp3) is 0.639. The van der Waals surface area contributed by atoms with E-state index in [4.69, 9.17) is 9.47 Å². The summed E-state index contributed by atoms with van der Waals surface area (Å²) in [6.07, 6.45) is 6.43. The van der Waals surface area contributed by atoms with Gasteiger partial charge in [-0.1, -0.05) is 49.3 Å². The van der Waals surface area contributed by atoms with Gasteiger partial charge < -0.3 is 29.9 Å². The second-order valence-electron chi connectivity index (χ2n) is 15.4. The summed E-state index contributed by atoms with van der Waals surface area (Å²) < 4.78 is 39.1. The number of hydrogen-bond donors (Lipinski definition) is 3. The van der Waals surface area contributed by atoms with Crippen molar-refractivity contribution in [3.05, 3.63) is 47.5 Å². The molecule has 1 aromatic rings. The van der Waals surface area contributed by atoms with Crippen molar-refractivity contribution in [2.75, 3.05) is 13.1 Å². The van der Waals surface area contributed by atoms with Crippen molar-refractivity contribution in [2.45, 2.75) is 126 Å². The number of ether oxygens (including phenoxy) is 2. The van der Waals surface area contributed by atoms with Crippen LogP contribution in [0.2, 0.25) is 0 Å². The third-order valence-corrected chi connectivity index (χ3v) is 12.0. The Kier molecular flexibility index (Phi) is 10.4. The van der Waals surface area contributed by atoms with Crippen LogP contribution in [0.1, 0.15) is 89.7 Å². The van der Waals surface area contributed by atoms with E-state index in [1.165, 1.54) is 4.90 Å². The van der Waals surface area contributed by atoms with E-state index in [1.807, 2.05) is 36.4 Å². The Balaban J connectivity index is 1.25. The van der Waals surface area contributed by atoms with Gasteiger partial charge in [0.2, 0.25) is 21.8 Å². The average molecular weight is 728 g/mol. The highest BCUT2D eigenvalue weighted by Crippen LogP contribution is 2.46. The van der Waals surface area contributed by atoms with Crippen LogP contribution >= 0.6 is 0 Å². The van der Waals surface area contributed by atoms with Gasteiger partial charge in [-0.2, -0.15) is 0 Å². The maximum Gasteiger partial charge on any atom is 0.410 e. The molecule has 5 amide bonds. The minimum absolute atomic E-state index is 0.0501. The molecule has 2 aliphatic carbocycles. The fourth-order valence-corrected chi connectivity index (χ4v) is 8.53. The van der Waals surface area contributed by atoms with E-state index >= 15 is 0 Å². The monoisotopic (exact) mass is 727 g/mol. The quantitative estimate of drug-likeness (QED) is 0.385. The van der Waals surface area contributed by atoms with Crippen LogP contribution in [-0.4, -0.2) is 95.8 Å². The van der Waals surface area contributed by atoms with Crippen molar-refractivity contribution in [2.24, 2.45) is 5.92 Å². The van der Waals surface area contributed by atoms with Crippen LogP contribution in [0.25, 0.3) is 0 Å². The number of benzene rings is 1. The summed E-state index contributed by atoms with van der Waals surface area (Å²) in [5.41, 5.74) is -0.151. The molecule has 3 heterocycles. The van der Waals surface area contributed by atoms with Crippen molar-refractivity contribution in [1.29, 1.82) is 0 Å². The molecule has 0 radical (unpaired) electrons. The molecule has 3 fully saturated rings. The molecule has 3 aliphatic heterocycles. The zero-order valence-electron chi connectivity index (χ0n) is 29.5. The molecule has 51 heavy (non-hydrogen) atoms. The number of carbonyl (C=O) groups is 5. The number of nitrogens with zero attached hydrogens (tertiary/aromatic N) is 2. The molecule has 0 aromatic heterocycles. The summed E-state index contributed by atoms with van der Waals surface area (Å²) >= 11 is 0. The van der Waals surface area contributed by atoms with Gasteiger partial charge in [0, 0.05) is 25.4 Å². The first-order valence-corrected chi connectivity index (χ1v) is 19.6. The number of allylic oxidation sites excluding steroid dienone is 1. The topological polar surface area (TPSA) is 181 Å². The van der Waals surface area contributed by atoms with Crippen LogP contribution < -0.4 is 15.4 Å². The van der Waals surface area contributed by atoms with Gasteiger partial charge in [0.25, 0.3) is 5.91 Å². The molecule has 5 atom stereocenters. The van der Waals surface area contributed by atoms with Crippen LogP contribution in [0, 0.1) is 5.92 Å². The van der Waals surface area contributed by atoms with E-state index in [2.05, 4.69) is 15.4 Å². The van der Waals surface area contributed by atoms with Crippen molar-refractivity contribution >= 4 is 39.9 Å². The Bertz CT molecular complexity index is 1690. The molecule has 0 bridgehead atoms. The van der Waals surface area contributed by atoms with Crippen LogP contribution in [0.3, 0.4) is 0 Å². The van der Waals surface area contributed by atoms with Gasteiger partial charge in [-0.25, -0.2) is 18.0 Å². The van der Waals surface area contributed by atoms with Gasteiger partial charge in [-0.15, -0.1) is 0 Å². The van der Waals surface area contributed by atoms with E-state index in [0.717, 1.165) is 24.0 Å². The summed E-state index contributed by atoms with van der Waals surface area (Å²) in [6.45, 7) is 5.85. The van der Waals surface area contributed by atoms with Crippen molar-refractivity contribution < 1.29 is 41.9 Å². The Hall–Kier alpha value is -4.14. The number of nitrogens with one attached hydrogen (secondary N) is 3. The number of fused-ring (bicyclic) bond motifs is 3. The zero-order chi connectivity index (χ0) is 36.6. The van der Waals surface area contributed by atoms with E-state index < -0.39 is 80.4 Å². The number of amides is 5. The molecule has 14 nitrogen and oxygen atoms in total. The maximum atomic E-state index is 14.3. The number of sulfonamides is 1. The summed E-state index contributed by atoms with van der Waals surface area (Å²) in [4.78, 5) is 71.3. The Morgan fingerprint density at radius 3 is 2.49 bits per heavy atom. The normalized spacial score (nSPS) is 29.2. The first kappa shape index (κ1) is 36.6. The molecule has 3 N–H and O–H groups in total. The van der Waals surface area contributed by atoms with E-state index in [1.54, 1.807) is 25.7 Å². The minimum atomic E-state index is -3.89. The molecule has 15 heteroatoms. The lowest BCUT2D eigenvalue weighted by atomic mass is 10.0. The maximum absolute atomic E-state index is 14.3. The third kappa shape index (κ3) is 8.67. The zero-order valence-corrected chi connectivity index (χ0v) is 30.3. The number of rotatable bonds is 5. The summed E-state index contributed by atoms with van der Waals surface area (Å²) in [5, 5.41) is 4.89. The molecule has 0 spiro atoms. The molecule has 6 rings (SSSR count). The Morgan fingerprint density at radius 1 is 1.02 bits per heavy atom. The minimum Gasteiger partial charge on any atom is -0.444 e. The second kappa shape index (κ2) is 14.5. The summed E-state index contributed by atoms with van der Waals surface area (Å²) in [6, 6.07) is 5.67. The highest BCUT2D eigenvalue weighted by Gasteiger charge is 2.62. The van der Waals surface area contributed by atoms with Crippen LogP contribution in [-0.2, 0) is 46.8 Å². The van der Waals surface area contributed by atoms with Crippen LogP contribution in [0.5, 0.6) is 0 Å². The lowest BCUT2D eigenvalue weighted by molar-refractivity contribution is -0.141. The van der Waals surface area contributed by atoms with Gasteiger partial charge in [0.05, 0.1) is 11.8 Å². The highest BCUT2D eigenvalue weighted by atomic mass is 32.2. The van der Waals surface area contributed by atoms with Crippen LogP contribution in [0.4, 0.5) is 9.59 Å².